The molecule has 0 aliphatic heterocycles. The lowest BCUT2D eigenvalue weighted by Gasteiger charge is -2.21. The van der Waals surface area contributed by atoms with Crippen molar-refractivity contribution in [1.82, 2.24) is 4.98 Å². The molecule has 0 saturated carbocycles. The first-order chi connectivity index (χ1) is 12.1. The lowest BCUT2D eigenvalue weighted by Crippen LogP contribution is -2.15. The second-order valence-electron chi connectivity index (χ2n) is 7.04. The minimum Gasteiger partial charge on any atom is -0.332 e. The Labute approximate surface area is 151 Å². The van der Waals surface area contributed by atoms with E-state index in [-0.39, 0.29) is 5.41 Å². The average molecular weight is 342 g/mol. The summed E-state index contributed by atoms with van der Waals surface area (Å²) in [4.78, 5) is 4.68. The van der Waals surface area contributed by atoms with Crippen molar-refractivity contribution in [2.24, 2.45) is 0 Å². The number of rotatable bonds is 2. The Morgan fingerprint density at radius 1 is 0.840 bits per heavy atom. The van der Waals surface area contributed by atoms with Crippen LogP contribution in [0, 0.1) is 0 Å². The predicted octanol–water partition coefficient (Wildman–Crippen LogP) is 6.35. The standard InChI is InChI=1S/C22H18N2S/c1-22(2)17-8-4-3-7-15(17)16-12-11-14(13-18(16)22)23-21-24-19-9-5-6-10-20(19)25-21/h3-13H,1-2H3,(H,23,24). The fraction of sp³-hybridized carbons (Fsp3) is 0.136. The first kappa shape index (κ1) is 14.7. The van der Waals surface area contributed by atoms with Gasteiger partial charge in [0, 0.05) is 11.1 Å². The van der Waals surface area contributed by atoms with Crippen LogP contribution in [-0.2, 0) is 5.41 Å². The minimum absolute atomic E-state index is 0.0250. The van der Waals surface area contributed by atoms with Gasteiger partial charge in [0.25, 0.3) is 0 Å². The van der Waals surface area contributed by atoms with Gasteiger partial charge in [0.1, 0.15) is 0 Å². The van der Waals surface area contributed by atoms with E-state index in [2.05, 4.69) is 84.8 Å². The summed E-state index contributed by atoms with van der Waals surface area (Å²) in [5.41, 5.74) is 7.64. The average Bonchev–Trinajstić information content (AvgIpc) is 3.12. The fourth-order valence-corrected chi connectivity index (χ4v) is 4.72. The number of nitrogens with one attached hydrogen (secondary N) is 1. The molecule has 0 fully saturated rings. The highest BCUT2D eigenvalue weighted by atomic mass is 32.1. The van der Waals surface area contributed by atoms with E-state index in [1.54, 1.807) is 11.3 Å². The summed E-state index contributed by atoms with van der Waals surface area (Å²) in [6.07, 6.45) is 0. The summed E-state index contributed by atoms with van der Waals surface area (Å²) in [7, 11) is 0. The third-order valence-electron chi connectivity index (χ3n) is 5.13. The van der Waals surface area contributed by atoms with Gasteiger partial charge in [-0.25, -0.2) is 4.98 Å². The van der Waals surface area contributed by atoms with Gasteiger partial charge in [0.05, 0.1) is 10.2 Å². The summed E-state index contributed by atoms with van der Waals surface area (Å²) in [5.74, 6) is 0. The second-order valence-corrected chi connectivity index (χ2v) is 8.07. The molecular formula is C22H18N2S. The molecule has 122 valence electrons. The second kappa shape index (κ2) is 5.17. The molecule has 0 saturated heterocycles. The van der Waals surface area contributed by atoms with Gasteiger partial charge in [-0.2, -0.15) is 0 Å². The van der Waals surface area contributed by atoms with Crippen LogP contribution in [-0.4, -0.2) is 4.98 Å². The van der Waals surface area contributed by atoms with Gasteiger partial charge < -0.3 is 5.32 Å². The summed E-state index contributed by atoms with van der Waals surface area (Å²) in [6.45, 7) is 4.61. The van der Waals surface area contributed by atoms with Crippen molar-refractivity contribution in [1.29, 1.82) is 0 Å². The third kappa shape index (κ3) is 2.19. The molecule has 1 aliphatic rings. The number of hydrogen-bond donors (Lipinski definition) is 1. The molecule has 1 aromatic heterocycles. The summed E-state index contributed by atoms with van der Waals surface area (Å²) < 4.78 is 1.21. The van der Waals surface area contributed by atoms with E-state index in [1.807, 2.05) is 6.07 Å². The number of thiazole rings is 1. The molecule has 0 amide bonds. The minimum atomic E-state index is 0.0250. The van der Waals surface area contributed by atoms with Crippen molar-refractivity contribution >= 4 is 32.4 Å². The quantitative estimate of drug-likeness (QED) is 0.459. The van der Waals surface area contributed by atoms with Crippen LogP contribution in [0.15, 0.2) is 66.7 Å². The molecule has 3 aromatic carbocycles. The predicted molar refractivity (Wildman–Crippen MR) is 107 cm³/mol. The number of benzene rings is 3. The van der Waals surface area contributed by atoms with E-state index in [9.17, 15) is 0 Å². The number of anilines is 2. The molecule has 5 rings (SSSR count). The monoisotopic (exact) mass is 342 g/mol. The Morgan fingerprint density at radius 2 is 1.60 bits per heavy atom. The summed E-state index contributed by atoms with van der Waals surface area (Å²) in [5, 5.41) is 4.43. The first-order valence-corrected chi connectivity index (χ1v) is 9.31. The molecular weight excluding hydrogens is 324 g/mol. The lowest BCUT2D eigenvalue weighted by molar-refractivity contribution is 0.660. The molecule has 1 aliphatic carbocycles. The van der Waals surface area contributed by atoms with Crippen molar-refractivity contribution in [2.75, 3.05) is 5.32 Å². The Balaban J connectivity index is 1.56. The molecule has 2 nitrogen and oxygen atoms in total. The van der Waals surface area contributed by atoms with E-state index in [0.717, 1.165) is 16.3 Å². The van der Waals surface area contributed by atoms with Crippen molar-refractivity contribution < 1.29 is 0 Å². The molecule has 0 bridgehead atoms. The molecule has 1 heterocycles. The van der Waals surface area contributed by atoms with E-state index >= 15 is 0 Å². The van der Waals surface area contributed by atoms with E-state index in [0.29, 0.717) is 0 Å². The highest BCUT2D eigenvalue weighted by Crippen LogP contribution is 2.49. The van der Waals surface area contributed by atoms with Gasteiger partial charge in [-0.15, -0.1) is 0 Å². The molecule has 0 atom stereocenters. The first-order valence-electron chi connectivity index (χ1n) is 8.50. The topological polar surface area (TPSA) is 24.9 Å². The maximum absolute atomic E-state index is 4.68. The van der Waals surface area contributed by atoms with Gasteiger partial charge in [-0.05, 0) is 46.5 Å². The maximum Gasteiger partial charge on any atom is 0.188 e. The third-order valence-corrected chi connectivity index (χ3v) is 6.08. The van der Waals surface area contributed by atoms with Crippen LogP contribution in [0.4, 0.5) is 10.8 Å². The van der Waals surface area contributed by atoms with Gasteiger partial charge in [-0.1, -0.05) is 67.6 Å². The highest BCUT2D eigenvalue weighted by Gasteiger charge is 2.35. The fourth-order valence-electron chi connectivity index (χ4n) is 3.83. The van der Waals surface area contributed by atoms with E-state index in [4.69, 9.17) is 0 Å². The molecule has 3 heteroatoms. The van der Waals surface area contributed by atoms with Gasteiger partial charge in [0.2, 0.25) is 0 Å². The number of aromatic nitrogens is 1. The summed E-state index contributed by atoms with van der Waals surface area (Å²) >= 11 is 1.69. The van der Waals surface area contributed by atoms with Crippen molar-refractivity contribution in [3.8, 4) is 11.1 Å². The molecule has 4 aromatic rings. The number of para-hydroxylation sites is 1. The SMILES string of the molecule is CC1(C)c2ccccc2-c2ccc(Nc3nc4ccccc4s3)cc21. The van der Waals surface area contributed by atoms with Crippen LogP contribution < -0.4 is 5.32 Å². The largest absolute Gasteiger partial charge is 0.332 e. The lowest BCUT2D eigenvalue weighted by atomic mass is 9.82. The zero-order chi connectivity index (χ0) is 17.0. The zero-order valence-corrected chi connectivity index (χ0v) is 15.0. The van der Waals surface area contributed by atoms with E-state index in [1.165, 1.54) is 27.0 Å². The Hall–Kier alpha value is -2.65. The van der Waals surface area contributed by atoms with E-state index < -0.39 is 0 Å². The van der Waals surface area contributed by atoms with Crippen LogP contribution in [0.2, 0.25) is 0 Å². The normalized spacial score (nSPS) is 14.3. The van der Waals surface area contributed by atoms with Crippen LogP contribution >= 0.6 is 11.3 Å². The molecule has 25 heavy (non-hydrogen) atoms. The zero-order valence-electron chi connectivity index (χ0n) is 14.2. The maximum atomic E-state index is 4.68. The molecule has 0 unspecified atom stereocenters. The van der Waals surface area contributed by atoms with Gasteiger partial charge in [0.15, 0.2) is 5.13 Å². The van der Waals surface area contributed by atoms with Crippen LogP contribution in [0.3, 0.4) is 0 Å². The van der Waals surface area contributed by atoms with Gasteiger partial charge in [-0.3, -0.25) is 0 Å². The Kier molecular flexibility index (Phi) is 3.03. The van der Waals surface area contributed by atoms with Crippen molar-refractivity contribution in [3.63, 3.8) is 0 Å². The smallest absolute Gasteiger partial charge is 0.188 e. The molecule has 0 radical (unpaired) electrons. The van der Waals surface area contributed by atoms with Crippen LogP contribution in [0.25, 0.3) is 21.3 Å². The Morgan fingerprint density at radius 3 is 2.48 bits per heavy atom. The number of hydrogen-bond acceptors (Lipinski definition) is 3. The Bertz CT molecular complexity index is 1070. The van der Waals surface area contributed by atoms with Gasteiger partial charge >= 0.3 is 0 Å². The van der Waals surface area contributed by atoms with Crippen molar-refractivity contribution in [2.45, 2.75) is 19.3 Å². The van der Waals surface area contributed by atoms with Crippen molar-refractivity contribution in [3.05, 3.63) is 77.9 Å². The number of fused-ring (bicyclic) bond motifs is 4. The van der Waals surface area contributed by atoms with Crippen LogP contribution in [0.1, 0.15) is 25.0 Å². The highest BCUT2D eigenvalue weighted by molar-refractivity contribution is 7.22. The molecule has 1 N–H and O–H groups in total. The summed E-state index contributed by atoms with van der Waals surface area (Å²) in [6, 6.07) is 23.6. The van der Waals surface area contributed by atoms with Crippen LogP contribution in [0.5, 0.6) is 0 Å². The number of nitrogens with zero attached hydrogens (tertiary/aromatic N) is 1. The molecule has 0 spiro atoms.